The van der Waals surface area contributed by atoms with Gasteiger partial charge >= 0.3 is 11.9 Å². The monoisotopic (exact) mass is 427 g/mol. The van der Waals surface area contributed by atoms with Crippen LogP contribution in [-0.4, -0.2) is 63.7 Å². The highest BCUT2D eigenvalue weighted by molar-refractivity contribution is 14.0. The summed E-state index contributed by atoms with van der Waals surface area (Å²) < 4.78 is 9.47. The zero-order valence-electron chi connectivity index (χ0n) is 13.6. The maximum atomic E-state index is 11.5. The van der Waals surface area contributed by atoms with Crippen molar-refractivity contribution >= 4 is 41.9 Å². The number of ether oxygens (including phenoxy) is 2. The fraction of sp³-hybridized carbons (Fsp3) is 0.786. The van der Waals surface area contributed by atoms with Gasteiger partial charge in [-0.15, -0.1) is 24.0 Å². The number of methoxy groups -OCH3 is 2. The number of carbonyl (C=O) groups is 2. The summed E-state index contributed by atoms with van der Waals surface area (Å²) in [6, 6.07) is 0. The van der Waals surface area contributed by atoms with E-state index < -0.39 is 0 Å². The van der Waals surface area contributed by atoms with Crippen LogP contribution in [0.15, 0.2) is 4.99 Å². The highest BCUT2D eigenvalue weighted by atomic mass is 127. The summed E-state index contributed by atoms with van der Waals surface area (Å²) in [7, 11) is 4.51. The van der Waals surface area contributed by atoms with E-state index in [-0.39, 0.29) is 47.8 Å². The number of halogens is 1. The Balaban J connectivity index is 0.00000441. The molecule has 8 heteroatoms. The van der Waals surface area contributed by atoms with Gasteiger partial charge in [0.25, 0.3) is 0 Å². The topological polar surface area (TPSA) is 80.2 Å². The standard InChI is InChI=1S/C14H25N3O4.HI/c1-10(12(18)20-3)9-16-14(15-2)17-7-5-11(6-8-17)13(19)21-4;/h10-11H,5-9H2,1-4H3,(H,15,16);1H. The molecule has 0 aromatic rings. The Kier molecular flexibility index (Phi) is 10.1. The summed E-state index contributed by atoms with van der Waals surface area (Å²) in [5.74, 6) is 0.0889. The van der Waals surface area contributed by atoms with Crippen LogP contribution >= 0.6 is 24.0 Å². The molecule has 1 N–H and O–H groups in total. The molecule has 0 aromatic carbocycles. The van der Waals surface area contributed by atoms with Crippen LogP contribution in [0.5, 0.6) is 0 Å². The minimum absolute atomic E-state index is 0. The Morgan fingerprint density at radius 3 is 2.32 bits per heavy atom. The Morgan fingerprint density at radius 2 is 1.86 bits per heavy atom. The van der Waals surface area contributed by atoms with Gasteiger partial charge in [-0.25, -0.2) is 0 Å². The van der Waals surface area contributed by atoms with Crippen LogP contribution in [-0.2, 0) is 19.1 Å². The highest BCUT2D eigenvalue weighted by Crippen LogP contribution is 2.18. The van der Waals surface area contributed by atoms with Gasteiger partial charge in [0.2, 0.25) is 0 Å². The van der Waals surface area contributed by atoms with Gasteiger partial charge in [-0.2, -0.15) is 0 Å². The van der Waals surface area contributed by atoms with Crippen molar-refractivity contribution in [1.82, 2.24) is 10.2 Å². The van der Waals surface area contributed by atoms with E-state index in [1.807, 2.05) is 0 Å². The zero-order chi connectivity index (χ0) is 15.8. The van der Waals surface area contributed by atoms with E-state index in [0.717, 1.165) is 31.9 Å². The summed E-state index contributed by atoms with van der Waals surface area (Å²) in [6.07, 6.45) is 1.50. The fourth-order valence-corrected chi connectivity index (χ4v) is 2.35. The summed E-state index contributed by atoms with van der Waals surface area (Å²) in [6.45, 7) is 3.75. The van der Waals surface area contributed by atoms with E-state index in [2.05, 4.69) is 15.2 Å². The van der Waals surface area contributed by atoms with Gasteiger partial charge < -0.3 is 19.7 Å². The lowest BCUT2D eigenvalue weighted by Gasteiger charge is -2.33. The third-order valence-corrected chi connectivity index (χ3v) is 3.71. The van der Waals surface area contributed by atoms with Crippen LogP contribution in [0.25, 0.3) is 0 Å². The number of piperidine rings is 1. The average molecular weight is 427 g/mol. The Hall–Kier alpha value is -1.06. The minimum Gasteiger partial charge on any atom is -0.469 e. The summed E-state index contributed by atoms with van der Waals surface area (Å²) in [5.41, 5.74) is 0. The smallest absolute Gasteiger partial charge is 0.310 e. The van der Waals surface area contributed by atoms with Gasteiger partial charge in [-0.1, -0.05) is 6.92 Å². The van der Waals surface area contributed by atoms with Crippen molar-refractivity contribution in [3.63, 3.8) is 0 Å². The van der Waals surface area contributed by atoms with E-state index >= 15 is 0 Å². The van der Waals surface area contributed by atoms with Gasteiger partial charge in [-0.3, -0.25) is 14.6 Å². The average Bonchev–Trinajstić information content (AvgIpc) is 2.54. The molecule has 0 bridgehead atoms. The first-order chi connectivity index (χ1) is 10.0. The number of aliphatic imine (C=N–C) groups is 1. The second-order valence-electron chi connectivity index (χ2n) is 5.14. The number of carbonyl (C=O) groups excluding carboxylic acids is 2. The van der Waals surface area contributed by atoms with Gasteiger partial charge in [0, 0.05) is 26.7 Å². The highest BCUT2D eigenvalue weighted by Gasteiger charge is 2.27. The molecular formula is C14H26IN3O4. The van der Waals surface area contributed by atoms with Crippen molar-refractivity contribution in [3.8, 4) is 0 Å². The minimum atomic E-state index is -0.248. The lowest BCUT2D eigenvalue weighted by Crippen LogP contribution is -2.48. The first kappa shape index (κ1) is 20.9. The Bertz CT molecular complexity index is 396. The maximum absolute atomic E-state index is 11.5. The van der Waals surface area contributed by atoms with Crippen molar-refractivity contribution in [1.29, 1.82) is 0 Å². The third-order valence-electron chi connectivity index (χ3n) is 3.71. The summed E-state index contributed by atoms with van der Waals surface area (Å²) >= 11 is 0. The van der Waals surface area contributed by atoms with Crippen molar-refractivity contribution in [2.24, 2.45) is 16.8 Å². The number of hydrogen-bond acceptors (Lipinski definition) is 5. The molecule has 1 saturated heterocycles. The lowest BCUT2D eigenvalue weighted by molar-refractivity contribution is -0.147. The molecule has 1 unspecified atom stereocenters. The second-order valence-corrected chi connectivity index (χ2v) is 5.14. The molecular weight excluding hydrogens is 401 g/mol. The van der Waals surface area contributed by atoms with E-state index in [9.17, 15) is 9.59 Å². The zero-order valence-corrected chi connectivity index (χ0v) is 16.0. The summed E-state index contributed by atoms with van der Waals surface area (Å²) in [5, 5.41) is 3.17. The number of nitrogens with zero attached hydrogens (tertiary/aromatic N) is 2. The number of esters is 2. The van der Waals surface area contributed by atoms with Crippen LogP contribution in [0, 0.1) is 11.8 Å². The molecule has 7 nitrogen and oxygen atoms in total. The number of rotatable bonds is 4. The molecule has 0 aromatic heterocycles. The SMILES string of the molecule is CN=C(NCC(C)C(=O)OC)N1CCC(C(=O)OC)CC1.I. The van der Waals surface area contributed by atoms with E-state index in [1.165, 1.54) is 14.2 Å². The van der Waals surface area contributed by atoms with Crippen molar-refractivity contribution in [2.75, 3.05) is 40.9 Å². The molecule has 1 aliphatic rings. The normalized spacial score (nSPS) is 17.3. The molecule has 1 atom stereocenters. The molecule has 1 rings (SSSR count). The van der Waals surface area contributed by atoms with Gasteiger partial charge in [0.1, 0.15) is 0 Å². The first-order valence-electron chi connectivity index (χ1n) is 7.14. The third kappa shape index (κ3) is 5.98. The quantitative estimate of drug-likeness (QED) is 0.311. The Labute approximate surface area is 148 Å². The number of guanidine groups is 1. The molecule has 1 aliphatic heterocycles. The molecule has 128 valence electrons. The summed E-state index contributed by atoms with van der Waals surface area (Å²) in [4.78, 5) is 29.2. The largest absolute Gasteiger partial charge is 0.469 e. The van der Waals surface area contributed by atoms with Crippen molar-refractivity contribution in [2.45, 2.75) is 19.8 Å². The molecule has 0 aliphatic carbocycles. The molecule has 22 heavy (non-hydrogen) atoms. The van der Waals surface area contributed by atoms with Crippen LogP contribution in [0.1, 0.15) is 19.8 Å². The number of nitrogens with one attached hydrogen (secondary N) is 1. The molecule has 1 fully saturated rings. The van der Waals surface area contributed by atoms with Crippen LogP contribution in [0.2, 0.25) is 0 Å². The number of hydrogen-bond donors (Lipinski definition) is 1. The Morgan fingerprint density at radius 1 is 1.27 bits per heavy atom. The van der Waals surface area contributed by atoms with E-state index in [4.69, 9.17) is 9.47 Å². The molecule has 0 saturated carbocycles. The first-order valence-corrected chi connectivity index (χ1v) is 7.14. The predicted molar refractivity (Wildman–Crippen MR) is 94.3 cm³/mol. The predicted octanol–water partition coefficient (Wildman–Crippen LogP) is 0.874. The van der Waals surface area contributed by atoms with Gasteiger partial charge in [0.05, 0.1) is 26.1 Å². The second kappa shape index (κ2) is 10.6. The molecule has 1 heterocycles. The van der Waals surface area contributed by atoms with Crippen molar-refractivity contribution < 1.29 is 19.1 Å². The lowest BCUT2D eigenvalue weighted by atomic mass is 9.97. The van der Waals surface area contributed by atoms with Crippen LogP contribution in [0.4, 0.5) is 0 Å². The van der Waals surface area contributed by atoms with E-state index in [0.29, 0.717) is 6.54 Å². The van der Waals surface area contributed by atoms with E-state index in [1.54, 1.807) is 14.0 Å². The number of likely N-dealkylation sites (tertiary alicyclic amines) is 1. The van der Waals surface area contributed by atoms with Gasteiger partial charge in [-0.05, 0) is 12.8 Å². The van der Waals surface area contributed by atoms with Crippen molar-refractivity contribution in [3.05, 3.63) is 0 Å². The maximum Gasteiger partial charge on any atom is 0.310 e. The fourth-order valence-electron chi connectivity index (χ4n) is 2.35. The van der Waals surface area contributed by atoms with Crippen LogP contribution < -0.4 is 5.32 Å². The molecule has 0 spiro atoms. The molecule has 0 radical (unpaired) electrons. The van der Waals surface area contributed by atoms with Crippen LogP contribution in [0.3, 0.4) is 0 Å². The van der Waals surface area contributed by atoms with Gasteiger partial charge in [0.15, 0.2) is 5.96 Å². The molecule has 0 amide bonds.